The van der Waals surface area contributed by atoms with Crippen molar-refractivity contribution in [2.45, 2.75) is 18.5 Å². The summed E-state index contributed by atoms with van der Waals surface area (Å²) in [6.45, 7) is 0.0573. The molecule has 1 unspecified atom stereocenters. The van der Waals surface area contributed by atoms with Gasteiger partial charge in [-0.05, 0) is 36.4 Å². The highest BCUT2D eigenvalue weighted by atomic mass is 32.2. The van der Waals surface area contributed by atoms with Crippen LogP contribution in [0.25, 0.3) is 11.5 Å². The molecular formula is C16H14FN3O3S. The molecule has 2 aromatic rings. The summed E-state index contributed by atoms with van der Waals surface area (Å²) in [4.78, 5) is 30.2. The minimum atomic E-state index is -0.759. The highest BCUT2D eigenvalue weighted by Gasteiger charge is 2.52. The van der Waals surface area contributed by atoms with Gasteiger partial charge in [0.15, 0.2) is 0 Å². The summed E-state index contributed by atoms with van der Waals surface area (Å²) in [5.74, 6) is 1.24. The van der Waals surface area contributed by atoms with Gasteiger partial charge in [0.05, 0.1) is 12.2 Å². The Morgan fingerprint density at radius 3 is 2.83 bits per heavy atom. The first-order valence-electron chi connectivity index (χ1n) is 7.50. The predicted octanol–water partition coefficient (Wildman–Crippen LogP) is 2.41. The molecule has 4 rings (SSSR count). The average Bonchev–Trinajstić information content (AvgIpc) is 3.27. The number of nitrogens with zero attached hydrogens (tertiary/aromatic N) is 2. The highest BCUT2D eigenvalue weighted by Crippen LogP contribution is 2.34. The number of carbonyl (C=O) groups excluding carboxylic acids is 2. The fraction of sp³-hybridized carbons (Fsp3) is 0.312. The SMILES string of the molecule is O=C1NC2(CCSC2)C(=O)N1Cc1coc(-c2ccc(F)cc2)n1. The molecule has 1 aromatic heterocycles. The summed E-state index contributed by atoms with van der Waals surface area (Å²) in [6.07, 6.45) is 2.06. The van der Waals surface area contributed by atoms with E-state index in [0.29, 0.717) is 29.3 Å². The predicted molar refractivity (Wildman–Crippen MR) is 85.7 cm³/mol. The summed E-state index contributed by atoms with van der Waals surface area (Å²) < 4.78 is 18.3. The third-order valence-electron chi connectivity index (χ3n) is 4.23. The van der Waals surface area contributed by atoms with Gasteiger partial charge in [-0.3, -0.25) is 9.69 Å². The van der Waals surface area contributed by atoms with Gasteiger partial charge in [-0.25, -0.2) is 14.2 Å². The van der Waals surface area contributed by atoms with Crippen LogP contribution in [0.3, 0.4) is 0 Å². The molecule has 2 aliphatic heterocycles. The molecular weight excluding hydrogens is 333 g/mol. The first kappa shape index (κ1) is 15.2. The minimum Gasteiger partial charge on any atom is -0.444 e. The fourth-order valence-corrected chi connectivity index (χ4v) is 4.24. The number of amides is 3. The van der Waals surface area contributed by atoms with Crippen molar-refractivity contribution in [1.29, 1.82) is 0 Å². The monoisotopic (exact) mass is 347 g/mol. The molecule has 2 saturated heterocycles. The number of hydrogen-bond donors (Lipinski definition) is 1. The van der Waals surface area contributed by atoms with Gasteiger partial charge in [-0.15, -0.1) is 0 Å². The number of thioether (sulfide) groups is 1. The Bertz CT molecular complexity index is 799. The van der Waals surface area contributed by atoms with Crippen molar-refractivity contribution in [2.75, 3.05) is 11.5 Å². The molecule has 2 aliphatic rings. The van der Waals surface area contributed by atoms with Crippen molar-refractivity contribution in [2.24, 2.45) is 0 Å². The third kappa shape index (κ3) is 2.47. The number of aromatic nitrogens is 1. The van der Waals surface area contributed by atoms with Crippen molar-refractivity contribution in [3.63, 3.8) is 0 Å². The zero-order chi connectivity index (χ0) is 16.7. The second kappa shape index (κ2) is 5.62. The molecule has 1 atom stereocenters. The standard InChI is InChI=1S/C16H14FN3O3S/c17-11-3-1-10(2-4-11)13-18-12(8-23-13)7-20-14(21)16(19-15(20)22)5-6-24-9-16/h1-4,8H,5-7,9H2,(H,19,22). The average molecular weight is 347 g/mol. The number of nitrogens with one attached hydrogen (secondary N) is 1. The maximum absolute atomic E-state index is 13.0. The van der Waals surface area contributed by atoms with Crippen molar-refractivity contribution >= 4 is 23.7 Å². The summed E-state index contributed by atoms with van der Waals surface area (Å²) in [5, 5.41) is 2.81. The van der Waals surface area contributed by atoms with Crippen molar-refractivity contribution in [1.82, 2.24) is 15.2 Å². The van der Waals surface area contributed by atoms with Gasteiger partial charge in [0.2, 0.25) is 5.89 Å². The Morgan fingerprint density at radius 2 is 2.12 bits per heavy atom. The molecule has 2 fully saturated rings. The fourth-order valence-electron chi connectivity index (χ4n) is 2.92. The molecule has 0 bridgehead atoms. The maximum atomic E-state index is 13.0. The number of hydrogen-bond acceptors (Lipinski definition) is 5. The molecule has 1 aromatic carbocycles. The van der Waals surface area contributed by atoms with Crippen LogP contribution in [0.15, 0.2) is 34.9 Å². The van der Waals surface area contributed by atoms with Gasteiger partial charge in [0.1, 0.15) is 17.6 Å². The molecule has 1 N–H and O–H groups in total. The lowest BCUT2D eigenvalue weighted by Gasteiger charge is -2.18. The van der Waals surface area contributed by atoms with E-state index in [4.69, 9.17) is 4.42 Å². The molecule has 0 aliphatic carbocycles. The Labute approximate surface area is 141 Å². The number of rotatable bonds is 3. The lowest BCUT2D eigenvalue weighted by Crippen LogP contribution is -2.46. The van der Waals surface area contributed by atoms with E-state index in [9.17, 15) is 14.0 Å². The van der Waals surface area contributed by atoms with E-state index in [1.54, 1.807) is 23.9 Å². The van der Waals surface area contributed by atoms with Crippen LogP contribution in [0.4, 0.5) is 9.18 Å². The van der Waals surface area contributed by atoms with Gasteiger partial charge in [-0.1, -0.05) is 0 Å². The molecule has 24 heavy (non-hydrogen) atoms. The third-order valence-corrected chi connectivity index (χ3v) is 5.42. The number of imide groups is 1. The number of benzene rings is 1. The molecule has 0 saturated carbocycles. The zero-order valence-electron chi connectivity index (χ0n) is 12.6. The van der Waals surface area contributed by atoms with Gasteiger partial charge < -0.3 is 9.73 Å². The molecule has 1 spiro atoms. The largest absolute Gasteiger partial charge is 0.444 e. The van der Waals surface area contributed by atoms with Crippen LogP contribution >= 0.6 is 11.8 Å². The smallest absolute Gasteiger partial charge is 0.325 e. The summed E-state index contributed by atoms with van der Waals surface area (Å²) in [6, 6.07) is 5.36. The Morgan fingerprint density at radius 1 is 1.33 bits per heavy atom. The topological polar surface area (TPSA) is 75.4 Å². The van der Waals surface area contributed by atoms with Gasteiger partial charge >= 0.3 is 6.03 Å². The van der Waals surface area contributed by atoms with Crippen LogP contribution in [0, 0.1) is 5.82 Å². The first-order valence-corrected chi connectivity index (χ1v) is 8.65. The maximum Gasteiger partial charge on any atom is 0.325 e. The van der Waals surface area contributed by atoms with Crippen molar-refractivity contribution in [3.05, 3.63) is 42.0 Å². The van der Waals surface area contributed by atoms with E-state index in [2.05, 4.69) is 10.3 Å². The Hall–Kier alpha value is -2.35. The zero-order valence-corrected chi connectivity index (χ0v) is 13.4. The van der Waals surface area contributed by atoms with E-state index >= 15 is 0 Å². The van der Waals surface area contributed by atoms with Crippen LogP contribution in [0.2, 0.25) is 0 Å². The number of oxazole rings is 1. The molecule has 8 heteroatoms. The van der Waals surface area contributed by atoms with E-state index in [0.717, 1.165) is 5.75 Å². The Balaban J connectivity index is 1.53. The number of carbonyl (C=O) groups is 2. The summed E-state index contributed by atoms with van der Waals surface area (Å²) in [5.41, 5.74) is 0.342. The van der Waals surface area contributed by atoms with Crippen LogP contribution in [-0.4, -0.2) is 38.9 Å². The number of urea groups is 1. The molecule has 6 nitrogen and oxygen atoms in total. The quantitative estimate of drug-likeness (QED) is 0.863. The summed E-state index contributed by atoms with van der Waals surface area (Å²) >= 11 is 1.66. The molecule has 3 heterocycles. The van der Waals surface area contributed by atoms with Gasteiger partial charge in [0, 0.05) is 11.3 Å². The highest BCUT2D eigenvalue weighted by molar-refractivity contribution is 7.99. The van der Waals surface area contributed by atoms with E-state index < -0.39 is 11.6 Å². The molecule has 0 radical (unpaired) electrons. The minimum absolute atomic E-state index is 0.0573. The van der Waals surface area contributed by atoms with Gasteiger partial charge in [-0.2, -0.15) is 11.8 Å². The van der Waals surface area contributed by atoms with Crippen LogP contribution in [-0.2, 0) is 11.3 Å². The van der Waals surface area contributed by atoms with Crippen LogP contribution in [0.1, 0.15) is 12.1 Å². The lowest BCUT2D eigenvalue weighted by atomic mass is 9.99. The van der Waals surface area contributed by atoms with E-state index in [1.165, 1.54) is 23.3 Å². The normalized spacial score (nSPS) is 23.3. The van der Waals surface area contributed by atoms with Crippen molar-refractivity contribution in [3.8, 4) is 11.5 Å². The Kier molecular flexibility index (Phi) is 3.56. The van der Waals surface area contributed by atoms with Crippen LogP contribution < -0.4 is 5.32 Å². The van der Waals surface area contributed by atoms with Gasteiger partial charge in [0.25, 0.3) is 5.91 Å². The van der Waals surface area contributed by atoms with Crippen molar-refractivity contribution < 1.29 is 18.4 Å². The van der Waals surface area contributed by atoms with E-state index in [-0.39, 0.29) is 18.3 Å². The second-order valence-electron chi connectivity index (χ2n) is 5.86. The summed E-state index contributed by atoms with van der Waals surface area (Å²) in [7, 11) is 0. The van der Waals surface area contributed by atoms with Crippen LogP contribution in [0.5, 0.6) is 0 Å². The lowest BCUT2D eigenvalue weighted by molar-refractivity contribution is -0.130. The number of halogens is 1. The molecule has 3 amide bonds. The second-order valence-corrected chi connectivity index (χ2v) is 6.96. The first-order chi connectivity index (χ1) is 11.6. The molecule has 124 valence electrons. The van der Waals surface area contributed by atoms with E-state index in [1.807, 2.05) is 0 Å².